The molecule has 1 aliphatic heterocycles. The number of hydrogen-bond acceptors (Lipinski definition) is 6. The lowest BCUT2D eigenvalue weighted by molar-refractivity contribution is -0.116. The Morgan fingerprint density at radius 1 is 1.07 bits per heavy atom. The van der Waals surface area contributed by atoms with Crippen molar-refractivity contribution in [3.63, 3.8) is 0 Å². The van der Waals surface area contributed by atoms with Gasteiger partial charge in [0.2, 0.25) is 5.91 Å². The zero-order valence-corrected chi connectivity index (χ0v) is 25.7. The van der Waals surface area contributed by atoms with E-state index >= 15 is 0 Å². The number of carbonyl (C=O) groups is 3. The van der Waals surface area contributed by atoms with Crippen molar-refractivity contribution in [1.82, 2.24) is 14.7 Å². The van der Waals surface area contributed by atoms with E-state index in [9.17, 15) is 19.5 Å². The van der Waals surface area contributed by atoms with Crippen LogP contribution in [0.3, 0.4) is 0 Å². The Balaban J connectivity index is 1.54. The maximum Gasteiger partial charge on any atom is 0.321 e. The van der Waals surface area contributed by atoms with Gasteiger partial charge in [-0.3, -0.25) is 9.59 Å². The molecule has 1 heterocycles. The first-order chi connectivity index (χ1) is 20.6. The molecule has 3 atom stereocenters. The predicted octanol–water partition coefficient (Wildman–Crippen LogP) is 4.50. The second-order valence-corrected chi connectivity index (χ2v) is 11.6. The highest BCUT2D eigenvalue weighted by molar-refractivity contribution is 6.02. The van der Waals surface area contributed by atoms with Crippen LogP contribution in [0.25, 0.3) is 10.8 Å². The first-order valence-corrected chi connectivity index (χ1v) is 14.7. The SMILES string of the molecule is C[C@H](CO)N1C[C@H](C)[C@@H](CN(C)C(=O)Nc2cccc3ccccc23)Oc2ccc(NC(=O)CCCN(C)C)cc2C1=O. The van der Waals surface area contributed by atoms with Gasteiger partial charge in [0.1, 0.15) is 11.9 Å². The highest BCUT2D eigenvalue weighted by Gasteiger charge is 2.34. The Labute approximate surface area is 253 Å². The number of benzene rings is 3. The summed E-state index contributed by atoms with van der Waals surface area (Å²) in [6.45, 7) is 4.95. The summed E-state index contributed by atoms with van der Waals surface area (Å²) in [4.78, 5) is 44.8. The molecule has 10 nitrogen and oxygen atoms in total. The van der Waals surface area contributed by atoms with Crippen LogP contribution in [0.5, 0.6) is 5.75 Å². The molecule has 43 heavy (non-hydrogen) atoms. The average Bonchev–Trinajstić information content (AvgIpc) is 2.98. The van der Waals surface area contributed by atoms with Crippen LogP contribution in [0.1, 0.15) is 37.0 Å². The van der Waals surface area contributed by atoms with E-state index in [1.54, 1.807) is 42.0 Å². The zero-order chi connectivity index (χ0) is 31.1. The Morgan fingerprint density at radius 2 is 1.81 bits per heavy atom. The molecule has 0 spiro atoms. The minimum Gasteiger partial charge on any atom is -0.487 e. The van der Waals surface area contributed by atoms with E-state index in [2.05, 4.69) is 10.6 Å². The Hall–Kier alpha value is -4.15. The first kappa shape index (κ1) is 31.8. The van der Waals surface area contributed by atoms with Crippen molar-refractivity contribution in [3.8, 4) is 5.75 Å². The number of amides is 4. The van der Waals surface area contributed by atoms with Crippen LogP contribution >= 0.6 is 0 Å². The van der Waals surface area contributed by atoms with Gasteiger partial charge in [0, 0.05) is 37.0 Å². The normalized spacial score (nSPS) is 17.5. The van der Waals surface area contributed by atoms with Crippen molar-refractivity contribution in [1.29, 1.82) is 0 Å². The molecule has 10 heteroatoms. The number of aliphatic hydroxyl groups excluding tert-OH is 1. The fourth-order valence-corrected chi connectivity index (χ4v) is 5.20. The van der Waals surface area contributed by atoms with E-state index in [1.807, 2.05) is 68.4 Å². The number of urea groups is 1. The van der Waals surface area contributed by atoms with Gasteiger partial charge in [-0.25, -0.2) is 4.79 Å². The van der Waals surface area contributed by atoms with E-state index in [-0.39, 0.29) is 36.9 Å². The van der Waals surface area contributed by atoms with Crippen LogP contribution in [0.4, 0.5) is 16.2 Å². The Bertz CT molecular complexity index is 1440. The molecule has 230 valence electrons. The molecule has 3 N–H and O–H groups in total. The van der Waals surface area contributed by atoms with Gasteiger partial charge in [-0.1, -0.05) is 43.3 Å². The van der Waals surface area contributed by atoms with Gasteiger partial charge in [0.25, 0.3) is 5.91 Å². The summed E-state index contributed by atoms with van der Waals surface area (Å²) in [5.41, 5.74) is 1.52. The molecule has 1 aliphatic rings. The first-order valence-electron chi connectivity index (χ1n) is 14.7. The standard InChI is InChI=1S/C33H43N5O5/c1-22-19-38(23(2)21-39)32(41)27-18-25(34-31(40)14-9-17-36(3)4)15-16-29(27)43-30(22)20-37(5)33(42)35-28-13-8-11-24-10-6-7-12-26(24)28/h6-8,10-13,15-16,18,22-23,30,39H,9,14,17,19-21H2,1-5H3,(H,34,40)(H,35,42)/t22-,23+,30+/m0/s1. The molecule has 3 aromatic carbocycles. The molecular weight excluding hydrogens is 546 g/mol. The number of rotatable bonds is 10. The maximum atomic E-state index is 13.7. The molecule has 0 unspecified atom stereocenters. The van der Waals surface area contributed by atoms with E-state index in [1.165, 1.54) is 0 Å². The number of carbonyl (C=O) groups excluding carboxylic acids is 3. The highest BCUT2D eigenvalue weighted by Crippen LogP contribution is 2.31. The second-order valence-electron chi connectivity index (χ2n) is 11.6. The lowest BCUT2D eigenvalue weighted by Gasteiger charge is -2.38. The quantitative estimate of drug-likeness (QED) is 0.321. The molecule has 0 fully saturated rings. The lowest BCUT2D eigenvalue weighted by Crippen LogP contribution is -2.50. The number of fused-ring (bicyclic) bond motifs is 2. The van der Waals surface area contributed by atoms with Crippen molar-refractivity contribution in [3.05, 3.63) is 66.2 Å². The summed E-state index contributed by atoms with van der Waals surface area (Å²) < 4.78 is 6.42. The molecule has 0 aromatic heterocycles. The second kappa shape index (κ2) is 14.3. The fraction of sp³-hybridized carbons (Fsp3) is 0.424. The predicted molar refractivity (Wildman–Crippen MR) is 170 cm³/mol. The molecule has 3 aromatic rings. The third-order valence-electron chi connectivity index (χ3n) is 7.79. The van der Waals surface area contributed by atoms with Crippen LogP contribution in [0, 0.1) is 5.92 Å². The van der Waals surface area contributed by atoms with E-state index in [0.717, 1.165) is 29.4 Å². The molecule has 0 aliphatic carbocycles. The van der Waals surface area contributed by atoms with Crippen LogP contribution in [-0.2, 0) is 4.79 Å². The third-order valence-corrected chi connectivity index (χ3v) is 7.79. The number of likely N-dealkylation sites (N-methyl/N-ethyl adjacent to an activating group) is 1. The van der Waals surface area contributed by atoms with Crippen LogP contribution in [0.15, 0.2) is 60.7 Å². The largest absolute Gasteiger partial charge is 0.487 e. The monoisotopic (exact) mass is 589 g/mol. The number of hydrogen-bond donors (Lipinski definition) is 3. The summed E-state index contributed by atoms with van der Waals surface area (Å²) in [6.07, 6.45) is 0.629. The number of anilines is 2. The van der Waals surface area contributed by atoms with E-state index < -0.39 is 12.1 Å². The average molecular weight is 590 g/mol. The van der Waals surface area contributed by atoms with Crippen molar-refractivity contribution >= 4 is 40.0 Å². The van der Waals surface area contributed by atoms with Crippen molar-refractivity contribution in [2.24, 2.45) is 5.92 Å². The summed E-state index contributed by atoms with van der Waals surface area (Å²) in [5, 5.41) is 17.8. The van der Waals surface area contributed by atoms with Crippen molar-refractivity contribution in [2.45, 2.75) is 38.8 Å². The molecule has 0 saturated carbocycles. The summed E-state index contributed by atoms with van der Waals surface area (Å²) in [5.74, 6) is -0.209. The van der Waals surface area contributed by atoms with Gasteiger partial charge in [0.15, 0.2) is 0 Å². The molecule has 4 rings (SSSR count). The highest BCUT2D eigenvalue weighted by atomic mass is 16.5. The number of ether oxygens (including phenoxy) is 1. The van der Waals surface area contributed by atoms with Crippen LogP contribution in [0.2, 0.25) is 0 Å². The van der Waals surface area contributed by atoms with Crippen molar-refractivity contribution in [2.75, 3.05) is 58.0 Å². The third kappa shape index (κ3) is 8.03. The van der Waals surface area contributed by atoms with E-state index in [4.69, 9.17) is 4.74 Å². The molecule has 0 bridgehead atoms. The molecule has 0 radical (unpaired) electrons. The van der Waals surface area contributed by atoms with E-state index in [0.29, 0.717) is 30.0 Å². The summed E-state index contributed by atoms with van der Waals surface area (Å²) >= 11 is 0. The van der Waals surface area contributed by atoms with Gasteiger partial charge in [-0.2, -0.15) is 0 Å². The minimum absolute atomic E-state index is 0.132. The number of aliphatic hydroxyl groups is 1. The van der Waals surface area contributed by atoms with Crippen LogP contribution in [-0.4, -0.2) is 97.2 Å². The molecule has 4 amide bonds. The Morgan fingerprint density at radius 3 is 2.56 bits per heavy atom. The topological polar surface area (TPSA) is 114 Å². The summed E-state index contributed by atoms with van der Waals surface area (Å²) in [7, 11) is 5.63. The van der Waals surface area contributed by atoms with Gasteiger partial charge in [0.05, 0.1) is 30.4 Å². The number of nitrogens with zero attached hydrogens (tertiary/aromatic N) is 3. The fourth-order valence-electron chi connectivity index (χ4n) is 5.20. The molecule has 0 saturated heterocycles. The van der Waals surface area contributed by atoms with Crippen LogP contribution < -0.4 is 15.4 Å². The van der Waals surface area contributed by atoms with Gasteiger partial charge in [-0.15, -0.1) is 0 Å². The van der Waals surface area contributed by atoms with Gasteiger partial charge < -0.3 is 35.2 Å². The van der Waals surface area contributed by atoms with Gasteiger partial charge in [-0.05, 0) is 63.6 Å². The lowest BCUT2D eigenvalue weighted by atomic mass is 9.99. The zero-order valence-electron chi connectivity index (χ0n) is 25.7. The number of nitrogens with one attached hydrogen (secondary N) is 2. The smallest absolute Gasteiger partial charge is 0.321 e. The van der Waals surface area contributed by atoms with Crippen molar-refractivity contribution < 1.29 is 24.2 Å². The Kier molecular flexibility index (Phi) is 10.6. The minimum atomic E-state index is -0.449. The summed E-state index contributed by atoms with van der Waals surface area (Å²) in [6, 6.07) is 18.0. The molecular formula is C33H43N5O5. The maximum absolute atomic E-state index is 13.7. The van der Waals surface area contributed by atoms with Gasteiger partial charge >= 0.3 is 6.03 Å².